The van der Waals surface area contributed by atoms with E-state index in [1.54, 1.807) is 0 Å². The summed E-state index contributed by atoms with van der Waals surface area (Å²) < 4.78 is 12.9. The molecule has 1 atom stereocenters. The first-order chi connectivity index (χ1) is 9.61. The molecule has 3 heteroatoms. The largest absolute Gasteiger partial charge is 0.384 e. The van der Waals surface area contributed by atoms with Crippen LogP contribution in [0.25, 0.3) is 0 Å². The van der Waals surface area contributed by atoms with Gasteiger partial charge in [-0.3, -0.25) is 0 Å². The fourth-order valence-electron chi connectivity index (χ4n) is 2.81. The summed E-state index contributed by atoms with van der Waals surface area (Å²) in [4.78, 5) is 0. The molecular weight excluding hydrogens is 273 g/mol. The van der Waals surface area contributed by atoms with E-state index in [1.807, 2.05) is 25.1 Å². The van der Waals surface area contributed by atoms with Crippen molar-refractivity contribution in [3.63, 3.8) is 0 Å². The standard InChI is InChI=1S/C17H17ClFN/c1-11-6-14-8-13(10-20-17(14)9-16(11)18)7-12-2-4-15(19)5-3-12/h2-6,9,13,20H,7-8,10H2,1H3. The summed E-state index contributed by atoms with van der Waals surface area (Å²) in [5.74, 6) is 0.361. The number of halogens is 2. The monoisotopic (exact) mass is 289 g/mol. The Labute approximate surface area is 123 Å². The van der Waals surface area contributed by atoms with Crippen molar-refractivity contribution >= 4 is 17.3 Å². The third kappa shape index (κ3) is 2.80. The van der Waals surface area contributed by atoms with Crippen LogP contribution in [0, 0.1) is 18.7 Å². The lowest BCUT2D eigenvalue weighted by atomic mass is 9.88. The van der Waals surface area contributed by atoms with Crippen LogP contribution in [0.1, 0.15) is 16.7 Å². The van der Waals surface area contributed by atoms with Crippen molar-refractivity contribution in [2.75, 3.05) is 11.9 Å². The van der Waals surface area contributed by atoms with Gasteiger partial charge in [0.2, 0.25) is 0 Å². The number of aryl methyl sites for hydroxylation is 1. The van der Waals surface area contributed by atoms with E-state index in [2.05, 4.69) is 11.4 Å². The van der Waals surface area contributed by atoms with Gasteiger partial charge >= 0.3 is 0 Å². The van der Waals surface area contributed by atoms with Crippen molar-refractivity contribution in [1.82, 2.24) is 0 Å². The zero-order valence-corrected chi connectivity index (χ0v) is 12.2. The molecule has 2 aromatic rings. The average Bonchev–Trinajstić information content (AvgIpc) is 2.43. The number of hydrogen-bond acceptors (Lipinski definition) is 1. The van der Waals surface area contributed by atoms with E-state index in [0.29, 0.717) is 5.92 Å². The highest BCUT2D eigenvalue weighted by atomic mass is 35.5. The Balaban J connectivity index is 1.75. The summed E-state index contributed by atoms with van der Waals surface area (Å²) in [5.41, 5.74) is 4.78. The van der Waals surface area contributed by atoms with Gasteiger partial charge in [-0.1, -0.05) is 29.8 Å². The Hall–Kier alpha value is -1.54. The van der Waals surface area contributed by atoms with Gasteiger partial charge in [-0.2, -0.15) is 0 Å². The van der Waals surface area contributed by atoms with Crippen molar-refractivity contribution in [3.8, 4) is 0 Å². The normalized spacial score (nSPS) is 17.4. The average molecular weight is 290 g/mol. The fraction of sp³-hybridized carbons (Fsp3) is 0.294. The molecule has 0 saturated heterocycles. The molecule has 0 aromatic heterocycles. The van der Waals surface area contributed by atoms with Gasteiger partial charge in [0, 0.05) is 17.3 Å². The molecule has 1 N–H and O–H groups in total. The minimum Gasteiger partial charge on any atom is -0.384 e. The highest BCUT2D eigenvalue weighted by Crippen LogP contribution is 2.31. The van der Waals surface area contributed by atoms with Gasteiger partial charge < -0.3 is 5.32 Å². The quantitative estimate of drug-likeness (QED) is 0.851. The van der Waals surface area contributed by atoms with Crippen molar-refractivity contribution in [2.45, 2.75) is 19.8 Å². The minimum atomic E-state index is -0.175. The van der Waals surface area contributed by atoms with E-state index < -0.39 is 0 Å². The molecule has 104 valence electrons. The molecule has 0 saturated carbocycles. The van der Waals surface area contributed by atoms with Gasteiger partial charge in [0.1, 0.15) is 5.82 Å². The summed E-state index contributed by atoms with van der Waals surface area (Å²) in [6, 6.07) is 11.0. The topological polar surface area (TPSA) is 12.0 Å². The summed E-state index contributed by atoms with van der Waals surface area (Å²) in [6.45, 7) is 2.97. The van der Waals surface area contributed by atoms with E-state index in [0.717, 1.165) is 35.7 Å². The van der Waals surface area contributed by atoms with Crippen LogP contribution in [0.15, 0.2) is 36.4 Å². The summed E-state index contributed by atoms with van der Waals surface area (Å²) >= 11 is 6.15. The first kappa shape index (κ1) is 13.4. The van der Waals surface area contributed by atoms with Crippen molar-refractivity contribution in [1.29, 1.82) is 0 Å². The van der Waals surface area contributed by atoms with Gasteiger partial charge in [-0.05, 0) is 60.6 Å². The molecule has 1 nitrogen and oxygen atoms in total. The van der Waals surface area contributed by atoms with Gasteiger partial charge in [-0.15, -0.1) is 0 Å². The highest BCUT2D eigenvalue weighted by molar-refractivity contribution is 6.31. The van der Waals surface area contributed by atoms with Gasteiger partial charge in [0.05, 0.1) is 0 Å². The highest BCUT2D eigenvalue weighted by Gasteiger charge is 2.19. The molecular formula is C17H17ClFN. The molecule has 0 bridgehead atoms. The molecule has 0 spiro atoms. The summed E-state index contributed by atoms with van der Waals surface area (Å²) in [7, 11) is 0. The van der Waals surface area contributed by atoms with E-state index in [-0.39, 0.29) is 5.82 Å². The number of anilines is 1. The lowest BCUT2D eigenvalue weighted by Crippen LogP contribution is -2.25. The van der Waals surface area contributed by atoms with Crippen LogP contribution in [0.3, 0.4) is 0 Å². The molecule has 1 unspecified atom stereocenters. The molecule has 0 fully saturated rings. The molecule has 0 amide bonds. The van der Waals surface area contributed by atoms with Gasteiger partial charge in [0.25, 0.3) is 0 Å². The van der Waals surface area contributed by atoms with Crippen LogP contribution < -0.4 is 5.32 Å². The number of benzene rings is 2. The van der Waals surface area contributed by atoms with E-state index in [9.17, 15) is 4.39 Å². The fourth-order valence-corrected chi connectivity index (χ4v) is 2.97. The first-order valence-electron chi connectivity index (χ1n) is 6.89. The zero-order chi connectivity index (χ0) is 14.1. The lowest BCUT2D eigenvalue weighted by molar-refractivity contribution is 0.534. The molecule has 0 radical (unpaired) electrons. The first-order valence-corrected chi connectivity index (χ1v) is 7.27. The second-order valence-corrected chi connectivity index (χ2v) is 5.95. The predicted octanol–water partition coefficient (Wildman–Crippen LogP) is 4.61. The van der Waals surface area contributed by atoms with Gasteiger partial charge in [-0.25, -0.2) is 4.39 Å². The Bertz CT molecular complexity index is 622. The number of nitrogens with one attached hydrogen (secondary N) is 1. The van der Waals surface area contributed by atoms with Crippen LogP contribution >= 0.6 is 11.6 Å². The lowest BCUT2D eigenvalue weighted by Gasteiger charge is -2.27. The second-order valence-electron chi connectivity index (χ2n) is 5.54. The second kappa shape index (κ2) is 5.45. The van der Waals surface area contributed by atoms with E-state index in [4.69, 9.17) is 11.6 Å². The molecule has 3 rings (SSSR count). The SMILES string of the molecule is Cc1cc2c(cc1Cl)NCC(Cc1ccc(F)cc1)C2. The molecule has 20 heavy (non-hydrogen) atoms. The van der Waals surface area contributed by atoms with E-state index >= 15 is 0 Å². The van der Waals surface area contributed by atoms with Crippen molar-refractivity contribution < 1.29 is 4.39 Å². The Morgan fingerprint density at radius 2 is 2.00 bits per heavy atom. The van der Waals surface area contributed by atoms with Crippen LogP contribution in [0.4, 0.5) is 10.1 Å². The van der Waals surface area contributed by atoms with E-state index in [1.165, 1.54) is 23.3 Å². The maximum Gasteiger partial charge on any atom is 0.123 e. The number of hydrogen-bond donors (Lipinski definition) is 1. The molecule has 2 aromatic carbocycles. The number of fused-ring (bicyclic) bond motifs is 1. The zero-order valence-electron chi connectivity index (χ0n) is 11.4. The van der Waals surface area contributed by atoms with Crippen LogP contribution in [0.5, 0.6) is 0 Å². The molecule has 1 aliphatic heterocycles. The van der Waals surface area contributed by atoms with Crippen LogP contribution in [0.2, 0.25) is 5.02 Å². The Kier molecular flexibility index (Phi) is 3.66. The van der Waals surface area contributed by atoms with Gasteiger partial charge in [0.15, 0.2) is 0 Å². The smallest absolute Gasteiger partial charge is 0.123 e. The maximum absolute atomic E-state index is 12.9. The summed E-state index contributed by atoms with van der Waals surface area (Å²) in [6.07, 6.45) is 2.01. The molecule has 1 aliphatic rings. The maximum atomic E-state index is 12.9. The third-order valence-corrected chi connectivity index (χ3v) is 4.32. The third-order valence-electron chi connectivity index (χ3n) is 3.91. The predicted molar refractivity (Wildman–Crippen MR) is 82.0 cm³/mol. The van der Waals surface area contributed by atoms with Crippen LogP contribution in [-0.4, -0.2) is 6.54 Å². The van der Waals surface area contributed by atoms with Crippen molar-refractivity contribution in [2.24, 2.45) is 5.92 Å². The number of rotatable bonds is 2. The Morgan fingerprint density at radius 1 is 1.25 bits per heavy atom. The molecule has 1 heterocycles. The Morgan fingerprint density at radius 3 is 2.75 bits per heavy atom. The minimum absolute atomic E-state index is 0.175. The van der Waals surface area contributed by atoms with Crippen molar-refractivity contribution in [3.05, 3.63) is 63.9 Å². The molecule has 0 aliphatic carbocycles. The summed E-state index contributed by atoms with van der Waals surface area (Å²) in [5, 5.41) is 4.27. The van der Waals surface area contributed by atoms with Crippen LogP contribution in [-0.2, 0) is 12.8 Å².